The number of ether oxygens (including phenoxy) is 1. The van der Waals surface area contributed by atoms with Crippen LogP contribution < -0.4 is 4.74 Å². The second-order valence-electron chi connectivity index (χ2n) is 5.02. The van der Waals surface area contributed by atoms with Gasteiger partial charge < -0.3 is 4.74 Å². The zero-order valence-corrected chi connectivity index (χ0v) is 12.0. The predicted octanol–water partition coefficient (Wildman–Crippen LogP) is 3.25. The minimum Gasteiger partial charge on any atom is -0.489 e. The maximum Gasteiger partial charge on any atom is 0.123 e. The van der Waals surface area contributed by atoms with Crippen molar-refractivity contribution in [1.29, 1.82) is 0 Å². The highest BCUT2D eigenvalue weighted by Crippen LogP contribution is 2.30. The molecule has 1 aliphatic rings. The van der Waals surface area contributed by atoms with E-state index in [1.54, 1.807) is 12.1 Å². The van der Waals surface area contributed by atoms with Crippen LogP contribution in [0, 0.1) is 12.7 Å². The van der Waals surface area contributed by atoms with Gasteiger partial charge in [-0.1, -0.05) is 17.7 Å². The molecule has 20 heavy (non-hydrogen) atoms. The summed E-state index contributed by atoms with van der Waals surface area (Å²) in [5.41, 5.74) is 2.37. The van der Waals surface area contributed by atoms with Gasteiger partial charge in [-0.15, -0.1) is 0 Å². The summed E-state index contributed by atoms with van der Waals surface area (Å²) in [6.45, 7) is 2.05. The maximum atomic E-state index is 12.8. The van der Waals surface area contributed by atoms with Crippen molar-refractivity contribution in [3.63, 3.8) is 0 Å². The molecule has 104 valence electrons. The Labute approximate surface area is 120 Å². The van der Waals surface area contributed by atoms with E-state index in [-0.39, 0.29) is 11.9 Å². The second kappa shape index (κ2) is 5.37. The lowest BCUT2D eigenvalue weighted by atomic mass is 10.1. The Kier molecular flexibility index (Phi) is 3.57. The molecule has 1 heterocycles. The molecule has 2 aromatic carbocycles. The SMILES string of the molecule is Cc1ccc2c(c1)CC(CS(=O)c1ccc(F)cc1)O2. The lowest BCUT2D eigenvalue weighted by molar-refractivity contribution is 0.258. The van der Waals surface area contributed by atoms with Crippen LogP contribution >= 0.6 is 0 Å². The van der Waals surface area contributed by atoms with E-state index in [4.69, 9.17) is 4.74 Å². The number of aryl methyl sites for hydroxylation is 1. The fraction of sp³-hybridized carbons (Fsp3) is 0.250. The Morgan fingerprint density at radius 2 is 2.00 bits per heavy atom. The van der Waals surface area contributed by atoms with Crippen LogP contribution in [0.3, 0.4) is 0 Å². The summed E-state index contributed by atoms with van der Waals surface area (Å²) in [7, 11) is -1.17. The Bertz CT molecular complexity index is 652. The summed E-state index contributed by atoms with van der Waals surface area (Å²) in [6.07, 6.45) is 0.710. The first kappa shape index (κ1) is 13.3. The third-order valence-corrected chi connectivity index (χ3v) is 4.84. The molecule has 0 radical (unpaired) electrons. The van der Waals surface area contributed by atoms with Crippen LogP contribution in [0.15, 0.2) is 47.4 Å². The van der Waals surface area contributed by atoms with Gasteiger partial charge in [0.15, 0.2) is 0 Å². The van der Waals surface area contributed by atoms with Gasteiger partial charge in [0.2, 0.25) is 0 Å². The Morgan fingerprint density at radius 3 is 2.75 bits per heavy atom. The molecule has 3 rings (SSSR count). The average molecular weight is 290 g/mol. The Hall–Kier alpha value is -1.68. The zero-order valence-electron chi connectivity index (χ0n) is 11.1. The van der Waals surface area contributed by atoms with Crippen molar-refractivity contribution in [1.82, 2.24) is 0 Å². The second-order valence-corrected chi connectivity index (χ2v) is 6.52. The van der Waals surface area contributed by atoms with Crippen molar-refractivity contribution < 1.29 is 13.3 Å². The molecule has 0 saturated carbocycles. The first-order valence-corrected chi connectivity index (χ1v) is 7.84. The highest BCUT2D eigenvalue weighted by atomic mass is 32.2. The van der Waals surface area contributed by atoms with Crippen LogP contribution in [0.25, 0.3) is 0 Å². The van der Waals surface area contributed by atoms with E-state index in [0.717, 1.165) is 12.2 Å². The number of hydrogen-bond acceptors (Lipinski definition) is 2. The van der Waals surface area contributed by atoms with Crippen LogP contribution in [0.1, 0.15) is 11.1 Å². The van der Waals surface area contributed by atoms with Crippen molar-refractivity contribution in [2.24, 2.45) is 0 Å². The van der Waals surface area contributed by atoms with Crippen molar-refractivity contribution >= 4 is 10.8 Å². The zero-order chi connectivity index (χ0) is 14.1. The van der Waals surface area contributed by atoms with Gasteiger partial charge in [0.1, 0.15) is 17.7 Å². The molecule has 0 amide bonds. The van der Waals surface area contributed by atoms with Crippen molar-refractivity contribution in [2.75, 3.05) is 5.75 Å². The molecular weight excluding hydrogens is 275 g/mol. The minimum absolute atomic E-state index is 0.0716. The summed E-state index contributed by atoms with van der Waals surface area (Å²) in [5.74, 6) is 1.00. The molecule has 2 nitrogen and oxygen atoms in total. The van der Waals surface area contributed by atoms with E-state index >= 15 is 0 Å². The number of hydrogen-bond donors (Lipinski definition) is 0. The highest BCUT2D eigenvalue weighted by molar-refractivity contribution is 7.85. The highest BCUT2D eigenvalue weighted by Gasteiger charge is 2.25. The monoisotopic (exact) mass is 290 g/mol. The molecular formula is C16H15FO2S. The lowest BCUT2D eigenvalue weighted by Crippen LogP contribution is -2.21. The van der Waals surface area contributed by atoms with E-state index in [0.29, 0.717) is 10.6 Å². The average Bonchev–Trinajstić information content (AvgIpc) is 2.80. The van der Waals surface area contributed by atoms with E-state index < -0.39 is 10.8 Å². The lowest BCUT2D eigenvalue weighted by Gasteiger charge is -2.10. The van der Waals surface area contributed by atoms with Gasteiger partial charge in [0, 0.05) is 11.3 Å². The normalized spacial score (nSPS) is 18.4. The summed E-state index contributed by atoms with van der Waals surface area (Å²) in [5, 5.41) is 0. The van der Waals surface area contributed by atoms with Crippen molar-refractivity contribution in [2.45, 2.75) is 24.3 Å². The van der Waals surface area contributed by atoms with Gasteiger partial charge in [-0.3, -0.25) is 4.21 Å². The summed E-state index contributed by atoms with van der Waals surface area (Å²) >= 11 is 0. The third-order valence-electron chi connectivity index (χ3n) is 3.37. The first-order chi connectivity index (χ1) is 9.61. The summed E-state index contributed by atoms with van der Waals surface area (Å²) in [4.78, 5) is 0.641. The predicted molar refractivity (Wildman–Crippen MR) is 77.0 cm³/mol. The fourth-order valence-corrected chi connectivity index (χ4v) is 3.55. The van der Waals surface area contributed by atoms with Crippen LogP contribution in [0.5, 0.6) is 5.75 Å². The standard InChI is InChI=1S/C16H15FO2S/c1-11-2-7-16-12(8-11)9-14(19-16)10-20(18)15-5-3-13(17)4-6-15/h2-8,14H,9-10H2,1H3. The molecule has 0 aromatic heterocycles. The molecule has 2 aromatic rings. The number of halogens is 1. The van der Waals surface area contributed by atoms with Crippen LogP contribution in [-0.4, -0.2) is 16.1 Å². The summed E-state index contributed by atoms with van der Waals surface area (Å²) in [6, 6.07) is 11.9. The van der Waals surface area contributed by atoms with Gasteiger partial charge >= 0.3 is 0 Å². The van der Waals surface area contributed by atoms with Crippen LogP contribution in [0.4, 0.5) is 4.39 Å². The van der Waals surface area contributed by atoms with E-state index in [2.05, 4.69) is 6.07 Å². The first-order valence-electron chi connectivity index (χ1n) is 6.52. The smallest absolute Gasteiger partial charge is 0.123 e. The number of fused-ring (bicyclic) bond motifs is 1. The minimum atomic E-state index is -1.17. The van der Waals surface area contributed by atoms with Gasteiger partial charge in [0.05, 0.1) is 16.6 Å². The van der Waals surface area contributed by atoms with Crippen molar-refractivity contribution in [3.05, 3.63) is 59.4 Å². The number of benzene rings is 2. The van der Waals surface area contributed by atoms with Crippen LogP contribution in [0.2, 0.25) is 0 Å². The fourth-order valence-electron chi connectivity index (χ4n) is 2.39. The maximum absolute atomic E-state index is 12.8. The quantitative estimate of drug-likeness (QED) is 0.867. The van der Waals surface area contributed by atoms with Gasteiger partial charge in [0.25, 0.3) is 0 Å². The molecule has 0 N–H and O–H groups in total. The molecule has 0 fully saturated rings. The van der Waals surface area contributed by atoms with E-state index in [1.807, 2.05) is 19.1 Å². The molecule has 1 aliphatic heterocycles. The Morgan fingerprint density at radius 1 is 1.25 bits per heavy atom. The van der Waals surface area contributed by atoms with Crippen molar-refractivity contribution in [3.8, 4) is 5.75 Å². The van der Waals surface area contributed by atoms with Gasteiger partial charge in [-0.05, 0) is 42.8 Å². The summed E-state index contributed by atoms with van der Waals surface area (Å²) < 4.78 is 30.9. The van der Waals surface area contributed by atoms with Gasteiger partial charge in [-0.25, -0.2) is 4.39 Å². The molecule has 2 atom stereocenters. The molecule has 0 bridgehead atoms. The number of rotatable bonds is 3. The third kappa shape index (κ3) is 2.75. The largest absolute Gasteiger partial charge is 0.489 e. The van der Waals surface area contributed by atoms with E-state index in [1.165, 1.54) is 23.3 Å². The molecule has 4 heteroatoms. The van der Waals surface area contributed by atoms with E-state index in [9.17, 15) is 8.60 Å². The Balaban J connectivity index is 1.68. The molecule has 0 saturated heterocycles. The molecule has 0 spiro atoms. The van der Waals surface area contributed by atoms with Gasteiger partial charge in [-0.2, -0.15) is 0 Å². The molecule has 2 unspecified atom stereocenters. The molecule has 0 aliphatic carbocycles. The van der Waals surface area contributed by atoms with Crippen LogP contribution in [-0.2, 0) is 17.2 Å². The topological polar surface area (TPSA) is 26.3 Å².